The monoisotopic (exact) mass is 352 g/mol. The molecule has 0 radical (unpaired) electrons. The Kier molecular flexibility index (Phi) is 5.11. The highest BCUT2D eigenvalue weighted by Gasteiger charge is 2.29. The summed E-state index contributed by atoms with van der Waals surface area (Å²) in [5.74, 6) is 0.126. The van der Waals surface area contributed by atoms with Crippen LogP contribution in [0.3, 0.4) is 0 Å². The molecule has 1 unspecified atom stereocenters. The molecule has 7 heteroatoms. The van der Waals surface area contributed by atoms with Crippen molar-refractivity contribution in [3.05, 3.63) is 41.3 Å². The largest absolute Gasteiger partial charge is 0.435 e. The van der Waals surface area contributed by atoms with E-state index in [9.17, 15) is 13.6 Å². The number of amides is 1. The van der Waals surface area contributed by atoms with E-state index >= 15 is 0 Å². The van der Waals surface area contributed by atoms with Crippen LogP contribution in [0.2, 0.25) is 0 Å². The van der Waals surface area contributed by atoms with Gasteiger partial charge in [0, 0.05) is 24.0 Å². The van der Waals surface area contributed by atoms with Crippen LogP contribution < -0.4 is 10.5 Å². The van der Waals surface area contributed by atoms with Gasteiger partial charge >= 0.3 is 6.61 Å². The second-order valence-electron chi connectivity index (χ2n) is 5.60. The maximum absolute atomic E-state index is 12.6. The molecule has 1 amide bonds. The summed E-state index contributed by atoms with van der Waals surface area (Å²) in [6.45, 7) is -1.61. The van der Waals surface area contributed by atoms with Crippen molar-refractivity contribution in [1.82, 2.24) is 4.90 Å². The van der Waals surface area contributed by atoms with Crippen molar-refractivity contribution >= 4 is 17.2 Å². The first-order chi connectivity index (χ1) is 11.6. The van der Waals surface area contributed by atoms with Crippen LogP contribution in [0, 0.1) is 0 Å². The van der Waals surface area contributed by atoms with E-state index in [-0.39, 0.29) is 17.7 Å². The predicted molar refractivity (Wildman–Crippen MR) is 89.5 cm³/mol. The summed E-state index contributed by atoms with van der Waals surface area (Å²) in [6, 6.07) is 10.2. The summed E-state index contributed by atoms with van der Waals surface area (Å²) >= 11 is 1.39. The van der Waals surface area contributed by atoms with E-state index in [0.29, 0.717) is 11.4 Å². The number of rotatable bonds is 5. The molecule has 0 bridgehead atoms. The summed E-state index contributed by atoms with van der Waals surface area (Å²) in [5, 5.41) is 0. The second-order valence-corrected chi connectivity index (χ2v) is 6.68. The number of nitrogens with zero attached hydrogens (tertiary/aromatic N) is 1. The lowest BCUT2D eigenvalue weighted by Crippen LogP contribution is -2.39. The number of halogens is 2. The van der Waals surface area contributed by atoms with Gasteiger partial charge in [-0.1, -0.05) is 0 Å². The first-order valence-corrected chi connectivity index (χ1v) is 8.56. The van der Waals surface area contributed by atoms with Gasteiger partial charge in [-0.2, -0.15) is 8.78 Å². The summed E-state index contributed by atoms with van der Waals surface area (Å²) < 4.78 is 28.7. The number of benzene rings is 1. The van der Waals surface area contributed by atoms with E-state index in [1.165, 1.54) is 23.5 Å². The molecule has 2 N–H and O–H groups in total. The number of carbonyl (C=O) groups excluding carboxylic acids is 1. The molecule has 1 aromatic heterocycles. The Hall–Kier alpha value is -1.99. The Bertz CT molecular complexity index is 703. The average Bonchev–Trinajstić information content (AvgIpc) is 3.23. The highest BCUT2D eigenvalue weighted by atomic mass is 32.1. The molecule has 1 fully saturated rings. The molecule has 1 saturated heterocycles. The van der Waals surface area contributed by atoms with Crippen LogP contribution in [0.15, 0.2) is 36.4 Å². The van der Waals surface area contributed by atoms with Gasteiger partial charge < -0.3 is 15.4 Å². The van der Waals surface area contributed by atoms with Crippen molar-refractivity contribution in [2.24, 2.45) is 5.73 Å². The van der Waals surface area contributed by atoms with Gasteiger partial charge in [0.25, 0.3) is 5.91 Å². The zero-order valence-electron chi connectivity index (χ0n) is 13.0. The Morgan fingerprint density at radius 1 is 1.29 bits per heavy atom. The third-order valence-electron chi connectivity index (χ3n) is 4.09. The summed E-state index contributed by atoms with van der Waals surface area (Å²) in [7, 11) is 0. The lowest BCUT2D eigenvalue weighted by Gasteiger charge is -2.22. The molecule has 2 heterocycles. The molecule has 2 aromatic rings. The van der Waals surface area contributed by atoms with Crippen LogP contribution in [-0.2, 0) is 0 Å². The number of hydrogen-bond acceptors (Lipinski definition) is 4. The van der Waals surface area contributed by atoms with Gasteiger partial charge in [-0.25, -0.2) is 0 Å². The van der Waals surface area contributed by atoms with E-state index in [4.69, 9.17) is 5.73 Å². The first kappa shape index (κ1) is 16.9. The van der Waals surface area contributed by atoms with Gasteiger partial charge in [0.15, 0.2) is 0 Å². The number of hydrogen-bond donors (Lipinski definition) is 1. The lowest BCUT2D eigenvalue weighted by atomic mass is 10.2. The van der Waals surface area contributed by atoms with Gasteiger partial charge in [0.05, 0.1) is 4.88 Å². The predicted octanol–water partition coefficient (Wildman–Crippen LogP) is 3.58. The number of thiophene rings is 1. The average molecular weight is 352 g/mol. The smallest absolute Gasteiger partial charge is 0.387 e. The molecule has 0 spiro atoms. The molecule has 4 nitrogen and oxygen atoms in total. The van der Waals surface area contributed by atoms with E-state index < -0.39 is 6.61 Å². The van der Waals surface area contributed by atoms with Crippen LogP contribution in [0.25, 0.3) is 10.4 Å². The quantitative estimate of drug-likeness (QED) is 0.895. The maximum atomic E-state index is 12.6. The van der Waals surface area contributed by atoms with E-state index in [0.717, 1.165) is 29.8 Å². The third kappa shape index (κ3) is 3.57. The van der Waals surface area contributed by atoms with Crippen LogP contribution in [0.4, 0.5) is 8.78 Å². The van der Waals surface area contributed by atoms with Crippen molar-refractivity contribution in [2.45, 2.75) is 25.5 Å². The van der Waals surface area contributed by atoms with Crippen molar-refractivity contribution in [1.29, 1.82) is 0 Å². The van der Waals surface area contributed by atoms with Gasteiger partial charge in [-0.05, 0) is 54.8 Å². The van der Waals surface area contributed by atoms with Gasteiger partial charge in [-0.3, -0.25) is 4.79 Å². The van der Waals surface area contributed by atoms with Crippen LogP contribution in [-0.4, -0.2) is 36.5 Å². The SMILES string of the molecule is NCC1CCCN1C(=O)c1ccc(-c2ccc(OC(F)F)cc2)s1. The number of likely N-dealkylation sites (tertiary alicyclic amines) is 1. The molecule has 3 rings (SSSR count). The Morgan fingerprint density at radius 2 is 2.04 bits per heavy atom. The minimum absolute atomic E-state index is 0.0110. The summed E-state index contributed by atoms with van der Waals surface area (Å²) in [6.07, 6.45) is 1.93. The lowest BCUT2D eigenvalue weighted by molar-refractivity contribution is -0.0498. The highest BCUT2D eigenvalue weighted by Crippen LogP contribution is 2.31. The van der Waals surface area contributed by atoms with E-state index in [1.807, 2.05) is 11.0 Å². The van der Waals surface area contributed by atoms with E-state index in [1.54, 1.807) is 18.2 Å². The fraction of sp³-hybridized carbons (Fsp3) is 0.353. The zero-order valence-corrected chi connectivity index (χ0v) is 13.8. The number of alkyl halides is 2. The molecule has 1 aliphatic rings. The summed E-state index contributed by atoms with van der Waals surface area (Å²) in [4.78, 5) is 16.0. The van der Waals surface area contributed by atoms with Gasteiger partial charge in [-0.15, -0.1) is 11.3 Å². The second kappa shape index (κ2) is 7.27. The van der Waals surface area contributed by atoms with Crippen molar-refractivity contribution in [2.75, 3.05) is 13.1 Å². The fourth-order valence-electron chi connectivity index (χ4n) is 2.90. The Balaban J connectivity index is 1.74. The van der Waals surface area contributed by atoms with Crippen LogP contribution >= 0.6 is 11.3 Å². The minimum Gasteiger partial charge on any atom is -0.435 e. The normalized spacial score (nSPS) is 17.5. The molecule has 24 heavy (non-hydrogen) atoms. The molecule has 1 aliphatic heterocycles. The highest BCUT2D eigenvalue weighted by molar-refractivity contribution is 7.17. The third-order valence-corrected chi connectivity index (χ3v) is 5.21. The maximum Gasteiger partial charge on any atom is 0.387 e. The molecule has 128 valence electrons. The van der Waals surface area contributed by atoms with E-state index in [2.05, 4.69) is 4.74 Å². The van der Waals surface area contributed by atoms with Gasteiger partial charge in [0.1, 0.15) is 5.75 Å². The first-order valence-electron chi connectivity index (χ1n) is 7.74. The molecular formula is C17H18F2N2O2S. The van der Waals surface area contributed by atoms with Crippen LogP contribution in [0.5, 0.6) is 5.75 Å². The Morgan fingerprint density at radius 3 is 2.71 bits per heavy atom. The zero-order chi connectivity index (χ0) is 17.1. The number of ether oxygens (including phenoxy) is 1. The molecular weight excluding hydrogens is 334 g/mol. The topological polar surface area (TPSA) is 55.6 Å². The van der Waals surface area contributed by atoms with Crippen molar-refractivity contribution in [3.63, 3.8) is 0 Å². The van der Waals surface area contributed by atoms with Gasteiger partial charge in [0.2, 0.25) is 0 Å². The van der Waals surface area contributed by atoms with Crippen LogP contribution in [0.1, 0.15) is 22.5 Å². The summed E-state index contributed by atoms with van der Waals surface area (Å²) in [5.41, 5.74) is 6.59. The molecule has 1 aromatic carbocycles. The molecule has 0 saturated carbocycles. The minimum atomic E-state index is -2.84. The molecule has 1 atom stereocenters. The van der Waals surface area contributed by atoms with Crippen molar-refractivity contribution in [3.8, 4) is 16.2 Å². The molecule has 0 aliphatic carbocycles. The fourth-order valence-corrected chi connectivity index (χ4v) is 3.87. The Labute approximate surface area is 142 Å². The standard InChI is InChI=1S/C17H18F2N2O2S/c18-17(19)23-13-5-3-11(4-6-13)14-7-8-15(24-14)16(22)21-9-1-2-12(21)10-20/h3-8,12,17H,1-2,9-10,20H2. The number of carbonyl (C=O) groups is 1. The van der Waals surface area contributed by atoms with Crippen molar-refractivity contribution < 1.29 is 18.3 Å². The number of nitrogens with two attached hydrogens (primary N) is 1.